The molecule has 0 radical (unpaired) electrons. The van der Waals surface area contributed by atoms with E-state index in [9.17, 15) is 5.11 Å². The van der Waals surface area contributed by atoms with E-state index in [4.69, 9.17) is 0 Å². The van der Waals surface area contributed by atoms with E-state index in [0.29, 0.717) is 5.95 Å². The third kappa shape index (κ3) is 4.14. The Morgan fingerprint density at radius 3 is 2.50 bits per heavy atom. The Morgan fingerprint density at radius 1 is 1.18 bits per heavy atom. The summed E-state index contributed by atoms with van der Waals surface area (Å²) in [5, 5.41) is 15.9. The third-order valence-corrected chi connectivity index (χ3v) is 3.38. The van der Waals surface area contributed by atoms with E-state index in [1.807, 2.05) is 39.0 Å². The summed E-state index contributed by atoms with van der Waals surface area (Å²) in [5.74, 6) is 1.55. The van der Waals surface area contributed by atoms with Crippen LogP contribution >= 0.6 is 0 Å². The summed E-state index contributed by atoms with van der Waals surface area (Å²) in [6.07, 6.45) is 3.48. The molecule has 2 heterocycles. The molecule has 0 aliphatic heterocycles. The van der Waals surface area contributed by atoms with Gasteiger partial charge in [-0.2, -0.15) is 4.98 Å². The van der Waals surface area contributed by atoms with E-state index in [-0.39, 0.29) is 18.6 Å². The number of nitrogens with zero attached hydrogens (tertiary/aromatic N) is 3. The lowest BCUT2D eigenvalue weighted by Gasteiger charge is -2.20. The van der Waals surface area contributed by atoms with Gasteiger partial charge in [0.1, 0.15) is 5.82 Å². The largest absolute Gasteiger partial charge is 0.394 e. The zero-order valence-corrected chi connectivity index (χ0v) is 13.2. The fourth-order valence-electron chi connectivity index (χ4n) is 2.04. The Labute approximate surface area is 131 Å². The zero-order chi connectivity index (χ0) is 15.9. The number of aliphatic hydroxyl groups excluding tert-OH is 1. The SMILES string of the molecule is CCNc1cc(-c2ccncc2)nc(N[C@@H](CO)C(C)C)n1. The van der Waals surface area contributed by atoms with Gasteiger partial charge in [-0.3, -0.25) is 4.98 Å². The molecule has 0 amide bonds. The standard InChI is InChI=1S/C16H23N5O/c1-4-18-15-9-13(12-5-7-17-8-6-12)19-16(21-15)20-14(10-22)11(2)3/h5-9,11,14,22H,4,10H2,1-3H3,(H2,18,19,20,21)/t14-/m0/s1. The minimum absolute atomic E-state index is 0.0387. The summed E-state index contributed by atoms with van der Waals surface area (Å²) in [5.41, 5.74) is 1.79. The van der Waals surface area contributed by atoms with Gasteiger partial charge in [0.15, 0.2) is 0 Å². The predicted molar refractivity (Wildman–Crippen MR) is 88.8 cm³/mol. The topological polar surface area (TPSA) is 83.0 Å². The van der Waals surface area contributed by atoms with Gasteiger partial charge in [-0.15, -0.1) is 0 Å². The molecular formula is C16H23N5O. The highest BCUT2D eigenvalue weighted by Gasteiger charge is 2.14. The molecular weight excluding hydrogens is 278 g/mol. The van der Waals surface area contributed by atoms with Gasteiger partial charge in [0, 0.05) is 30.6 Å². The predicted octanol–water partition coefficient (Wildman–Crippen LogP) is 2.40. The van der Waals surface area contributed by atoms with Crippen LogP contribution in [0.5, 0.6) is 0 Å². The van der Waals surface area contributed by atoms with Crippen molar-refractivity contribution in [2.24, 2.45) is 5.92 Å². The Balaban J connectivity index is 2.35. The first kappa shape index (κ1) is 16.2. The van der Waals surface area contributed by atoms with Crippen molar-refractivity contribution in [3.8, 4) is 11.3 Å². The molecule has 0 fully saturated rings. The molecule has 0 unspecified atom stereocenters. The molecule has 22 heavy (non-hydrogen) atoms. The van der Waals surface area contributed by atoms with Crippen LogP contribution < -0.4 is 10.6 Å². The van der Waals surface area contributed by atoms with E-state index in [0.717, 1.165) is 23.6 Å². The van der Waals surface area contributed by atoms with Crippen molar-refractivity contribution in [1.82, 2.24) is 15.0 Å². The fraction of sp³-hybridized carbons (Fsp3) is 0.438. The third-order valence-electron chi connectivity index (χ3n) is 3.38. The molecule has 3 N–H and O–H groups in total. The van der Waals surface area contributed by atoms with Crippen molar-refractivity contribution in [3.05, 3.63) is 30.6 Å². The maximum Gasteiger partial charge on any atom is 0.225 e. The van der Waals surface area contributed by atoms with Gasteiger partial charge in [-0.1, -0.05) is 13.8 Å². The molecule has 2 rings (SSSR count). The monoisotopic (exact) mass is 301 g/mol. The van der Waals surface area contributed by atoms with Gasteiger partial charge in [0.25, 0.3) is 0 Å². The van der Waals surface area contributed by atoms with Crippen molar-refractivity contribution in [2.75, 3.05) is 23.8 Å². The Hall–Kier alpha value is -2.21. The average molecular weight is 301 g/mol. The highest BCUT2D eigenvalue weighted by atomic mass is 16.3. The molecule has 0 aliphatic rings. The van der Waals surface area contributed by atoms with Crippen molar-refractivity contribution in [3.63, 3.8) is 0 Å². The van der Waals surface area contributed by atoms with Gasteiger partial charge < -0.3 is 15.7 Å². The van der Waals surface area contributed by atoms with E-state index >= 15 is 0 Å². The lowest BCUT2D eigenvalue weighted by atomic mass is 10.1. The normalized spacial score (nSPS) is 12.2. The molecule has 2 aromatic rings. The van der Waals surface area contributed by atoms with Crippen molar-refractivity contribution >= 4 is 11.8 Å². The molecule has 0 aliphatic carbocycles. The van der Waals surface area contributed by atoms with E-state index < -0.39 is 0 Å². The van der Waals surface area contributed by atoms with Gasteiger partial charge in [0.05, 0.1) is 18.3 Å². The summed E-state index contributed by atoms with van der Waals surface area (Å²) in [7, 11) is 0. The fourth-order valence-corrected chi connectivity index (χ4v) is 2.04. The maximum absolute atomic E-state index is 9.47. The molecule has 0 aromatic carbocycles. The number of hydrogen-bond acceptors (Lipinski definition) is 6. The molecule has 0 bridgehead atoms. The van der Waals surface area contributed by atoms with Crippen LogP contribution in [0.2, 0.25) is 0 Å². The summed E-state index contributed by atoms with van der Waals surface area (Å²) in [6.45, 7) is 6.93. The molecule has 0 saturated carbocycles. The van der Waals surface area contributed by atoms with Gasteiger partial charge in [-0.25, -0.2) is 4.98 Å². The van der Waals surface area contributed by atoms with E-state index in [2.05, 4.69) is 25.6 Å². The molecule has 0 saturated heterocycles. The lowest BCUT2D eigenvalue weighted by Crippen LogP contribution is -2.30. The molecule has 6 heteroatoms. The minimum atomic E-state index is -0.0813. The van der Waals surface area contributed by atoms with Crippen LogP contribution in [0.4, 0.5) is 11.8 Å². The van der Waals surface area contributed by atoms with Gasteiger partial charge >= 0.3 is 0 Å². The maximum atomic E-state index is 9.47. The molecule has 6 nitrogen and oxygen atoms in total. The van der Waals surface area contributed by atoms with Crippen molar-refractivity contribution < 1.29 is 5.11 Å². The number of hydrogen-bond donors (Lipinski definition) is 3. The second kappa shape index (κ2) is 7.70. The Morgan fingerprint density at radius 2 is 1.91 bits per heavy atom. The Kier molecular flexibility index (Phi) is 5.66. The van der Waals surface area contributed by atoms with E-state index in [1.54, 1.807) is 12.4 Å². The quantitative estimate of drug-likeness (QED) is 0.728. The van der Waals surface area contributed by atoms with E-state index in [1.165, 1.54) is 0 Å². The highest BCUT2D eigenvalue weighted by Crippen LogP contribution is 2.21. The van der Waals surface area contributed by atoms with Crippen molar-refractivity contribution in [2.45, 2.75) is 26.8 Å². The second-order valence-corrected chi connectivity index (χ2v) is 5.41. The zero-order valence-electron chi connectivity index (χ0n) is 13.2. The highest BCUT2D eigenvalue weighted by molar-refractivity contribution is 5.63. The smallest absolute Gasteiger partial charge is 0.225 e. The Bertz CT molecular complexity index is 588. The molecule has 118 valence electrons. The number of nitrogens with one attached hydrogen (secondary N) is 2. The summed E-state index contributed by atoms with van der Waals surface area (Å²) in [6, 6.07) is 5.65. The molecule has 1 atom stereocenters. The number of aliphatic hydroxyl groups is 1. The van der Waals surface area contributed by atoms with Crippen molar-refractivity contribution in [1.29, 1.82) is 0 Å². The number of anilines is 2. The van der Waals surface area contributed by atoms with Crippen LogP contribution in [-0.4, -0.2) is 39.3 Å². The second-order valence-electron chi connectivity index (χ2n) is 5.41. The average Bonchev–Trinajstić information content (AvgIpc) is 2.53. The lowest BCUT2D eigenvalue weighted by molar-refractivity contribution is 0.248. The summed E-state index contributed by atoms with van der Waals surface area (Å²) < 4.78 is 0. The first-order valence-electron chi connectivity index (χ1n) is 7.54. The number of aromatic nitrogens is 3. The van der Waals surface area contributed by atoms with Crippen LogP contribution in [0.3, 0.4) is 0 Å². The van der Waals surface area contributed by atoms with Gasteiger partial charge in [-0.05, 0) is 25.0 Å². The van der Waals surface area contributed by atoms with Crippen LogP contribution in [-0.2, 0) is 0 Å². The van der Waals surface area contributed by atoms with Crippen LogP contribution in [0.15, 0.2) is 30.6 Å². The van der Waals surface area contributed by atoms with Crippen LogP contribution in [0.1, 0.15) is 20.8 Å². The summed E-state index contributed by atoms with van der Waals surface area (Å²) in [4.78, 5) is 13.0. The summed E-state index contributed by atoms with van der Waals surface area (Å²) >= 11 is 0. The molecule has 2 aromatic heterocycles. The molecule has 0 spiro atoms. The van der Waals surface area contributed by atoms with Crippen LogP contribution in [0, 0.1) is 5.92 Å². The van der Waals surface area contributed by atoms with Crippen LogP contribution in [0.25, 0.3) is 11.3 Å². The number of rotatable bonds is 7. The first-order valence-corrected chi connectivity index (χ1v) is 7.54. The number of pyridine rings is 1. The minimum Gasteiger partial charge on any atom is -0.394 e. The first-order chi connectivity index (χ1) is 10.6. The van der Waals surface area contributed by atoms with Gasteiger partial charge in [0.2, 0.25) is 5.95 Å².